The highest BCUT2D eigenvalue weighted by molar-refractivity contribution is 5.70. The van der Waals surface area contributed by atoms with Gasteiger partial charge in [-0.3, -0.25) is 0 Å². The van der Waals surface area contributed by atoms with Crippen LogP contribution in [0.3, 0.4) is 0 Å². The van der Waals surface area contributed by atoms with E-state index in [0.717, 1.165) is 44.3 Å². The van der Waals surface area contributed by atoms with Crippen LogP contribution in [0.15, 0.2) is 12.1 Å². The van der Waals surface area contributed by atoms with Crippen LogP contribution in [0, 0.1) is 5.92 Å². The number of piperidine rings is 1. The lowest BCUT2D eigenvalue weighted by Gasteiger charge is -2.40. The Morgan fingerprint density at radius 1 is 1.29 bits per heavy atom. The van der Waals surface area contributed by atoms with Gasteiger partial charge in [-0.1, -0.05) is 26.3 Å². The third-order valence-corrected chi connectivity index (χ3v) is 6.86. The van der Waals surface area contributed by atoms with Crippen LogP contribution in [0.4, 0.5) is 10.5 Å². The lowest BCUT2D eigenvalue weighted by Crippen LogP contribution is -2.47. The van der Waals surface area contributed by atoms with Gasteiger partial charge < -0.3 is 15.0 Å². The number of benzene rings is 1. The smallest absolute Gasteiger partial charge is 0.410 e. The quantitative estimate of drug-likeness (QED) is 0.753. The second-order valence-corrected chi connectivity index (χ2v) is 10.2. The van der Waals surface area contributed by atoms with E-state index >= 15 is 0 Å². The van der Waals surface area contributed by atoms with Crippen LogP contribution in [0.1, 0.15) is 82.9 Å². The average molecular weight is 385 g/mol. The highest BCUT2D eigenvalue weighted by Gasteiger charge is 2.48. The van der Waals surface area contributed by atoms with E-state index in [1.807, 2.05) is 25.7 Å². The van der Waals surface area contributed by atoms with Gasteiger partial charge >= 0.3 is 6.09 Å². The molecule has 0 aromatic heterocycles. The number of hydrogen-bond donors (Lipinski definition) is 1. The topological polar surface area (TPSA) is 41.6 Å². The monoisotopic (exact) mass is 384 g/mol. The number of anilines is 1. The number of carbonyl (C=O) groups is 1. The molecular weight excluding hydrogens is 348 g/mol. The number of nitrogens with zero attached hydrogens (tertiary/aromatic N) is 1. The average Bonchev–Trinajstić information content (AvgIpc) is 3.25. The zero-order chi connectivity index (χ0) is 20.1. The summed E-state index contributed by atoms with van der Waals surface area (Å²) in [5.74, 6) is 1.54. The molecule has 1 saturated carbocycles. The largest absolute Gasteiger partial charge is 0.444 e. The number of likely N-dealkylation sites (tertiary alicyclic amines) is 1. The van der Waals surface area contributed by atoms with Crippen molar-refractivity contribution in [3.8, 4) is 0 Å². The van der Waals surface area contributed by atoms with Gasteiger partial charge in [-0.05, 0) is 81.0 Å². The molecule has 1 spiro atoms. The third-order valence-electron chi connectivity index (χ3n) is 6.86. The summed E-state index contributed by atoms with van der Waals surface area (Å²) in [5, 5.41) is 3.72. The number of carbonyl (C=O) groups excluding carboxylic acids is 1. The summed E-state index contributed by atoms with van der Waals surface area (Å²) < 4.78 is 5.61. The fourth-order valence-corrected chi connectivity index (χ4v) is 5.24. The molecule has 2 atom stereocenters. The first-order chi connectivity index (χ1) is 13.2. The molecule has 1 aromatic carbocycles. The molecule has 1 saturated heterocycles. The highest BCUT2D eigenvalue weighted by Crippen LogP contribution is 2.56. The Kier molecular flexibility index (Phi) is 4.87. The van der Waals surface area contributed by atoms with Crippen LogP contribution in [0.2, 0.25) is 0 Å². The molecule has 2 heterocycles. The van der Waals surface area contributed by atoms with Crippen molar-refractivity contribution >= 4 is 11.8 Å². The van der Waals surface area contributed by atoms with Gasteiger partial charge in [0.1, 0.15) is 5.60 Å². The Bertz CT molecular complexity index is 757. The third kappa shape index (κ3) is 3.51. The number of fused-ring (bicyclic) bond motifs is 2. The lowest BCUT2D eigenvalue weighted by molar-refractivity contribution is 0.0172. The lowest BCUT2D eigenvalue weighted by atomic mass is 9.71. The van der Waals surface area contributed by atoms with Crippen molar-refractivity contribution in [2.24, 2.45) is 5.92 Å². The predicted molar refractivity (Wildman–Crippen MR) is 114 cm³/mol. The number of rotatable bonds is 3. The van der Waals surface area contributed by atoms with Crippen molar-refractivity contribution in [3.05, 3.63) is 28.8 Å². The number of aryl methyl sites for hydroxylation is 1. The van der Waals surface area contributed by atoms with E-state index < -0.39 is 5.60 Å². The molecule has 28 heavy (non-hydrogen) atoms. The van der Waals surface area contributed by atoms with E-state index in [2.05, 4.69) is 31.3 Å². The van der Waals surface area contributed by atoms with Gasteiger partial charge in [0.25, 0.3) is 0 Å². The van der Waals surface area contributed by atoms with Crippen LogP contribution in [0.25, 0.3) is 0 Å². The van der Waals surface area contributed by atoms with Gasteiger partial charge in [0.2, 0.25) is 0 Å². The molecule has 0 radical (unpaired) electrons. The molecule has 1 amide bonds. The Labute approximate surface area is 170 Å². The Morgan fingerprint density at radius 3 is 2.54 bits per heavy atom. The summed E-state index contributed by atoms with van der Waals surface area (Å²) in [5.41, 5.74) is 5.90. The minimum absolute atomic E-state index is 0.163. The predicted octanol–water partition coefficient (Wildman–Crippen LogP) is 5.46. The van der Waals surface area contributed by atoms with Crippen molar-refractivity contribution in [1.29, 1.82) is 0 Å². The molecule has 4 nitrogen and oxygen atoms in total. The normalized spacial score (nSPS) is 25.4. The summed E-state index contributed by atoms with van der Waals surface area (Å²) in [6, 6.07) is 4.68. The Balaban J connectivity index is 1.60. The van der Waals surface area contributed by atoms with Gasteiger partial charge in [-0.2, -0.15) is 0 Å². The van der Waals surface area contributed by atoms with E-state index in [9.17, 15) is 4.79 Å². The first kappa shape index (κ1) is 19.6. The summed E-state index contributed by atoms with van der Waals surface area (Å²) in [6.07, 6.45) is 5.58. The van der Waals surface area contributed by atoms with Crippen molar-refractivity contribution in [1.82, 2.24) is 4.90 Å². The first-order valence-electron chi connectivity index (χ1n) is 11.1. The van der Waals surface area contributed by atoms with E-state index in [1.54, 1.807) is 16.7 Å². The van der Waals surface area contributed by atoms with Crippen molar-refractivity contribution < 1.29 is 9.53 Å². The van der Waals surface area contributed by atoms with Gasteiger partial charge in [0.05, 0.1) is 0 Å². The highest BCUT2D eigenvalue weighted by atomic mass is 16.6. The first-order valence-corrected chi connectivity index (χ1v) is 11.1. The Morgan fingerprint density at radius 2 is 1.96 bits per heavy atom. The van der Waals surface area contributed by atoms with E-state index in [-0.39, 0.29) is 11.5 Å². The minimum Gasteiger partial charge on any atom is -0.444 e. The number of hydrogen-bond acceptors (Lipinski definition) is 3. The molecule has 1 N–H and O–H groups in total. The molecule has 3 aliphatic rings. The van der Waals surface area contributed by atoms with Crippen molar-refractivity contribution in [2.75, 3.05) is 25.0 Å². The molecule has 2 fully saturated rings. The fraction of sp³-hybridized carbons (Fsp3) is 0.708. The Hall–Kier alpha value is -1.71. The summed E-state index contributed by atoms with van der Waals surface area (Å²) in [7, 11) is 0. The molecule has 154 valence electrons. The molecule has 4 heteroatoms. The zero-order valence-corrected chi connectivity index (χ0v) is 18.2. The van der Waals surface area contributed by atoms with Crippen molar-refractivity contribution in [2.45, 2.75) is 83.7 Å². The SMILES string of the molecule is CCCc1ccc2c(c1C1CC1C)C1(CCN(C(=O)OC(C)(C)C)CC1)CN2. The fourth-order valence-electron chi connectivity index (χ4n) is 5.24. The van der Waals surface area contributed by atoms with Crippen LogP contribution in [0.5, 0.6) is 0 Å². The summed E-state index contributed by atoms with van der Waals surface area (Å²) >= 11 is 0. The van der Waals surface area contributed by atoms with Gasteiger partial charge in [-0.25, -0.2) is 4.79 Å². The van der Waals surface area contributed by atoms with Crippen LogP contribution < -0.4 is 5.32 Å². The zero-order valence-electron chi connectivity index (χ0n) is 18.2. The molecule has 1 aromatic rings. The number of nitrogens with one attached hydrogen (secondary N) is 1. The van der Waals surface area contributed by atoms with Crippen LogP contribution >= 0.6 is 0 Å². The second-order valence-electron chi connectivity index (χ2n) is 10.2. The number of amides is 1. The maximum absolute atomic E-state index is 12.5. The molecule has 4 rings (SSSR count). The van der Waals surface area contributed by atoms with Gasteiger partial charge in [0, 0.05) is 30.7 Å². The molecule has 2 aliphatic heterocycles. The summed E-state index contributed by atoms with van der Waals surface area (Å²) in [4.78, 5) is 14.4. The van der Waals surface area contributed by atoms with Crippen LogP contribution in [-0.2, 0) is 16.6 Å². The van der Waals surface area contributed by atoms with E-state index in [0.29, 0.717) is 0 Å². The standard InChI is InChI=1S/C24H36N2O2/c1-6-7-17-8-9-19-21(20(17)18-14-16(18)2)24(15-25-19)10-12-26(13-11-24)22(27)28-23(3,4)5/h8-9,16,18,25H,6-7,10-15H2,1-5H3. The molecular formula is C24H36N2O2. The van der Waals surface area contributed by atoms with Crippen molar-refractivity contribution in [3.63, 3.8) is 0 Å². The summed E-state index contributed by atoms with van der Waals surface area (Å²) in [6.45, 7) is 13.1. The van der Waals surface area contributed by atoms with Gasteiger partial charge in [-0.15, -0.1) is 0 Å². The molecule has 0 bridgehead atoms. The molecule has 1 aliphatic carbocycles. The number of ether oxygens (including phenoxy) is 1. The maximum atomic E-state index is 12.5. The molecule has 2 unspecified atom stereocenters. The van der Waals surface area contributed by atoms with Crippen LogP contribution in [-0.4, -0.2) is 36.2 Å². The van der Waals surface area contributed by atoms with E-state index in [1.165, 1.54) is 24.9 Å². The second kappa shape index (κ2) is 6.96. The van der Waals surface area contributed by atoms with E-state index in [4.69, 9.17) is 4.74 Å². The van der Waals surface area contributed by atoms with Gasteiger partial charge in [0.15, 0.2) is 0 Å². The minimum atomic E-state index is -0.432. The maximum Gasteiger partial charge on any atom is 0.410 e.